The molecule has 0 aliphatic rings. The molecular formula is C53H105O10P. The minimum absolute atomic E-state index is 0.193. The van der Waals surface area contributed by atoms with Crippen LogP contribution in [0.15, 0.2) is 0 Å². The number of phosphoric ester groups is 1. The Morgan fingerprint density at radius 2 is 0.672 bits per heavy atom. The first-order valence-corrected chi connectivity index (χ1v) is 29.0. The van der Waals surface area contributed by atoms with Crippen molar-refractivity contribution in [2.45, 2.75) is 302 Å². The van der Waals surface area contributed by atoms with Gasteiger partial charge in [-0.1, -0.05) is 264 Å². The van der Waals surface area contributed by atoms with E-state index in [9.17, 15) is 24.2 Å². The summed E-state index contributed by atoms with van der Waals surface area (Å²) in [6, 6.07) is 0. The molecule has 0 rings (SSSR count). The summed E-state index contributed by atoms with van der Waals surface area (Å²) in [7, 11) is -4.62. The topological polar surface area (TPSA) is 149 Å². The number of hydrogen-bond acceptors (Lipinski definition) is 9. The zero-order valence-corrected chi connectivity index (χ0v) is 42.9. The summed E-state index contributed by atoms with van der Waals surface area (Å²) >= 11 is 0. The van der Waals surface area contributed by atoms with Crippen molar-refractivity contribution in [1.29, 1.82) is 0 Å². The zero-order chi connectivity index (χ0) is 46.9. The first kappa shape index (κ1) is 63.0. The molecule has 0 aromatic rings. The van der Waals surface area contributed by atoms with E-state index in [0.29, 0.717) is 12.8 Å². The lowest BCUT2D eigenvalue weighted by Crippen LogP contribution is -2.29. The third-order valence-electron chi connectivity index (χ3n) is 12.5. The maximum Gasteiger partial charge on any atom is 0.472 e. The maximum absolute atomic E-state index is 12.7. The number of aliphatic hydroxyl groups is 2. The average molecular weight is 933 g/mol. The summed E-state index contributed by atoms with van der Waals surface area (Å²) in [4.78, 5) is 35.2. The summed E-state index contributed by atoms with van der Waals surface area (Å²) in [5.41, 5.74) is 0. The third kappa shape index (κ3) is 48.9. The number of carbonyl (C=O) groups is 2. The van der Waals surface area contributed by atoms with Crippen molar-refractivity contribution < 1.29 is 47.8 Å². The predicted octanol–water partition coefficient (Wildman–Crippen LogP) is 15.7. The van der Waals surface area contributed by atoms with E-state index in [2.05, 4.69) is 13.8 Å². The first-order valence-electron chi connectivity index (χ1n) is 27.5. The Kier molecular flexibility index (Phi) is 49.1. The predicted molar refractivity (Wildman–Crippen MR) is 266 cm³/mol. The highest BCUT2D eigenvalue weighted by Gasteiger charge is 2.27. The Morgan fingerprint density at radius 1 is 0.406 bits per heavy atom. The van der Waals surface area contributed by atoms with E-state index in [4.69, 9.17) is 23.6 Å². The molecule has 0 aromatic carbocycles. The number of aliphatic hydroxyl groups excluding tert-OH is 2. The normalized spacial score (nSPS) is 13.5. The molecule has 3 atom stereocenters. The van der Waals surface area contributed by atoms with Gasteiger partial charge in [0.1, 0.15) is 12.7 Å². The lowest BCUT2D eigenvalue weighted by atomic mass is 10.0. The molecule has 64 heavy (non-hydrogen) atoms. The number of unbranched alkanes of at least 4 members (excludes halogenated alkanes) is 39. The molecular weight excluding hydrogens is 828 g/mol. The molecule has 0 aliphatic heterocycles. The van der Waals surface area contributed by atoms with Crippen LogP contribution in [0.25, 0.3) is 0 Å². The number of carbonyl (C=O) groups excluding carboxylic acids is 2. The molecule has 0 radical (unpaired) electrons. The monoisotopic (exact) mass is 933 g/mol. The molecule has 0 amide bonds. The minimum atomic E-state index is -4.62. The fourth-order valence-electron chi connectivity index (χ4n) is 8.29. The largest absolute Gasteiger partial charge is 0.472 e. The van der Waals surface area contributed by atoms with Crippen LogP contribution in [-0.2, 0) is 32.7 Å². The van der Waals surface area contributed by atoms with Gasteiger partial charge in [0.05, 0.1) is 19.8 Å². The Bertz CT molecular complexity index is 1030. The Labute approximate surface area is 394 Å². The first-order chi connectivity index (χ1) is 31.2. The van der Waals surface area contributed by atoms with E-state index in [0.717, 1.165) is 32.1 Å². The zero-order valence-electron chi connectivity index (χ0n) is 42.0. The van der Waals surface area contributed by atoms with Gasteiger partial charge in [-0.25, -0.2) is 4.57 Å². The van der Waals surface area contributed by atoms with Crippen LogP contribution in [0.3, 0.4) is 0 Å². The van der Waals surface area contributed by atoms with Gasteiger partial charge in [0, 0.05) is 12.8 Å². The van der Waals surface area contributed by atoms with Crippen LogP contribution < -0.4 is 0 Å². The fourth-order valence-corrected chi connectivity index (χ4v) is 9.08. The van der Waals surface area contributed by atoms with E-state index in [1.54, 1.807) is 0 Å². The van der Waals surface area contributed by atoms with E-state index >= 15 is 0 Å². The van der Waals surface area contributed by atoms with Crippen LogP contribution in [-0.4, -0.2) is 65.7 Å². The van der Waals surface area contributed by atoms with Gasteiger partial charge in [0.15, 0.2) is 6.10 Å². The van der Waals surface area contributed by atoms with Gasteiger partial charge in [-0.3, -0.25) is 18.6 Å². The van der Waals surface area contributed by atoms with Crippen molar-refractivity contribution in [3.63, 3.8) is 0 Å². The van der Waals surface area contributed by atoms with Gasteiger partial charge >= 0.3 is 19.8 Å². The molecule has 0 saturated heterocycles. The fraction of sp³-hybridized carbons (Fsp3) is 0.962. The van der Waals surface area contributed by atoms with E-state index in [1.165, 1.54) is 218 Å². The van der Waals surface area contributed by atoms with Crippen molar-refractivity contribution in [2.75, 3.05) is 26.4 Å². The summed E-state index contributed by atoms with van der Waals surface area (Å²) in [6.07, 6.45) is 50.7. The molecule has 0 aromatic heterocycles. The number of hydrogen-bond donors (Lipinski definition) is 3. The lowest BCUT2D eigenvalue weighted by Gasteiger charge is -2.20. The van der Waals surface area contributed by atoms with Gasteiger partial charge in [0.2, 0.25) is 0 Å². The van der Waals surface area contributed by atoms with Gasteiger partial charge in [-0.15, -0.1) is 0 Å². The van der Waals surface area contributed by atoms with Crippen LogP contribution in [0, 0.1) is 0 Å². The maximum atomic E-state index is 12.7. The molecule has 0 saturated carbocycles. The molecule has 0 spiro atoms. The second kappa shape index (κ2) is 49.9. The van der Waals surface area contributed by atoms with E-state index in [-0.39, 0.29) is 19.4 Å². The second-order valence-electron chi connectivity index (χ2n) is 19.0. The standard InChI is InChI=1S/C53H105O10P/c1-3-5-7-9-11-13-15-17-19-21-23-25-27-29-31-33-35-37-39-41-43-45-53(57)63-51(49-62-64(58,59)61-47-50(55)46-54)48-60-52(56)44-42-40-38-36-34-32-30-28-26-24-22-20-18-16-14-12-10-8-6-4-2/h50-51,54-55H,3-49H2,1-2H3,(H,58,59)/t50-,51+/m0/s1. The van der Waals surface area contributed by atoms with Crippen molar-refractivity contribution in [2.24, 2.45) is 0 Å². The minimum Gasteiger partial charge on any atom is -0.462 e. The van der Waals surface area contributed by atoms with Gasteiger partial charge < -0.3 is 24.6 Å². The molecule has 3 N–H and O–H groups in total. The number of phosphoric acid groups is 1. The van der Waals surface area contributed by atoms with Crippen molar-refractivity contribution in [3.05, 3.63) is 0 Å². The van der Waals surface area contributed by atoms with Crippen LogP contribution in [0.2, 0.25) is 0 Å². The van der Waals surface area contributed by atoms with Crippen molar-refractivity contribution in [3.8, 4) is 0 Å². The Morgan fingerprint density at radius 3 is 0.969 bits per heavy atom. The highest BCUT2D eigenvalue weighted by atomic mass is 31.2. The van der Waals surface area contributed by atoms with Crippen molar-refractivity contribution in [1.82, 2.24) is 0 Å². The molecule has 0 heterocycles. The number of esters is 2. The lowest BCUT2D eigenvalue weighted by molar-refractivity contribution is -0.161. The molecule has 382 valence electrons. The second-order valence-corrected chi connectivity index (χ2v) is 20.4. The molecule has 0 bridgehead atoms. The van der Waals surface area contributed by atoms with E-state index < -0.39 is 51.8 Å². The molecule has 0 aliphatic carbocycles. The third-order valence-corrected chi connectivity index (χ3v) is 13.5. The average Bonchev–Trinajstić information content (AvgIpc) is 3.28. The SMILES string of the molecule is CCCCCCCCCCCCCCCCCCCCCCCC(=O)O[C@H](COC(=O)CCCCCCCCCCCCCCCCCCCCCC)COP(=O)(O)OC[C@@H](O)CO. The van der Waals surface area contributed by atoms with Crippen LogP contribution in [0.1, 0.15) is 290 Å². The van der Waals surface area contributed by atoms with Gasteiger partial charge in [-0.05, 0) is 12.8 Å². The summed E-state index contributed by atoms with van der Waals surface area (Å²) in [5.74, 6) is -0.900. The smallest absolute Gasteiger partial charge is 0.462 e. The van der Waals surface area contributed by atoms with Gasteiger partial charge in [-0.2, -0.15) is 0 Å². The Hall–Kier alpha value is -1.03. The summed E-state index contributed by atoms with van der Waals surface area (Å²) in [6.45, 7) is 2.47. The quantitative estimate of drug-likeness (QED) is 0.0306. The van der Waals surface area contributed by atoms with Crippen molar-refractivity contribution >= 4 is 19.8 Å². The van der Waals surface area contributed by atoms with Gasteiger partial charge in [0.25, 0.3) is 0 Å². The van der Waals surface area contributed by atoms with E-state index in [1.807, 2.05) is 0 Å². The summed E-state index contributed by atoms with van der Waals surface area (Å²) in [5, 5.41) is 18.4. The number of ether oxygens (including phenoxy) is 2. The Balaban J connectivity index is 4.08. The number of rotatable bonds is 53. The highest BCUT2D eigenvalue weighted by molar-refractivity contribution is 7.47. The molecule has 11 heteroatoms. The van der Waals surface area contributed by atoms with Crippen LogP contribution >= 0.6 is 7.82 Å². The van der Waals surface area contributed by atoms with Crippen LogP contribution in [0.5, 0.6) is 0 Å². The highest BCUT2D eigenvalue weighted by Crippen LogP contribution is 2.43. The molecule has 0 fully saturated rings. The summed E-state index contributed by atoms with van der Waals surface area (Å²) < 4.78 is 32.9. The molecule has 1 unspecified atom stereocenters. The van der Waals surface area contributed by atoms with Crippen LogP contribution in [0.4, 0.5) is 0 Å². The molecule has 10 nitrogen and oxygen atoms in total.